The van der Waals surface area contributed by atoms with Gasteiger partial charge in [-0.1, -0.05) is 74.3 Å². The largest absolute Gasteiger partial charge is 0.479 e. The van der Waals surface area contributed by atoms with Gasteiger partial charge in [-0.15, -0.1) is 0 Å². The minimum atomic E-state index is -1.45. The first-order chi connectivity index (χ1) is 16.5. The molecule has 1 aliphatic rings. The summed E-state index contributed by atoms with van der Waals surface area (Å²) in [6, 6.07) is 15.2. The van der Waals surface area contributed by atoms with Crippen LogP contribution in [0.4, 0.5) is 5.69 Å². The molecule has 4 rings (SSSR count). The second kappa shape index (κ2) is 9.36. The van der Waals surface area contributed by atoms with Crippen LogP contribution in [0.3, 0.4) is 0 Å². The van der Waals surface area contributed by atoms with E-state index < -0.39 is 29.9 Å². The fourth-order valence-corrected chi connectivity index (χ4v) is 4.42. The summed E-state index contributed by atoms with van der Waals surface area (Å²) in [6.45, 7) is 6.03. The van der Waals surface area contributed by atoms with Crippen molar-refractivity contribution in [3.8, 4) is 0 Å². The number of anilines is 1. The Balaban J connectivity index is 1.96. The zero-order chi connectivity index (χ0) is 25.5. The first kappa shape index (κ1) is 24.8. The van der Waals surface area contributed by atoms with E-state index in [0.717, 1.165) is 10.5 Å². The Kier molecular flexibility index (Phi) is 6.62. The molecule has 2 N–H and O–H groups in total. The van der Waals surface area contributed by atoms with Gasteiger partial charge >= 0.3 is 5.97 Å². The first-order valence-corrected chi connectivity index (χ1v) is 11.7. The van der Waals surface area contributed by atoms with Gasteiger partial charge in [0.15, 0.2) is 6.04 Å². The summed E-state index contributed by atoms with van der Waals surface area (Å²) in [7, 11) is 0. The number of carboxylic acids is 1. The van der Waals surface area contributed by atoms with Crippen molar-refractivity contribution >= 4 is 46.7 Å². The van der Waals surface area contributed by atoms with Gasteiger partial charge in [0.1, 0.15) is 6.04 Å². The molecule has 1 aliphatic heterocycles. The maximum absolute atomic E-state index is 14.1. The van der Waals surface area contributed by atoms with E-state index in [0.29, 0.717) is 26.9 Å². The molecule has 0 aliphatic carbocycles. The average molecular weight is 511 g/mol. The average Bonchev–Trinajstić information content (AvgIpc) is 2.89. The molecular formula is C27H24Cl2N2O4. The third-order valence-corrected chi connectivity index (χ3v) is 6.52. The lowest BCUT2D eigenvalue weighted by Crippen LogP contribution is -2.44. The normalized spacial score (nSPS) is 16.8. The van der Waals surface area contributed by atoms with Gasteiger partial charge in [-0.3, -0.25) is 9.59 Å². The molecule has 6 nitrogen and oxygen atoms in total. The summed E-state index contributed by atoms with van der Waals surface area (Å²) in [6.07, 6.45) is 0. The minimum absolute atomic E-state index is 0.224. The number of rotatable bonds is 4. The van der Waals surface area contributed by atoms with Crippen molar-refractivity contribution < 1.29 is 19.5 Å². The lowest BCUT2D eigenvalue weighted by molar-refractivity contribution is -0.144. The predicted octanol–water partition coefficient (Wildman–Crippen LogP) is 6.25. The SMILES string of the molecule is CC(C)(C)c1ccc2c(c1)C(=O)N(C(C(=O)O)c1ccc(Cl)cc1)C(c1ccc(Cl)cc1)C(=O)N2. The van der Waals surface area contributed by atoms with Crippen LogP contribution >= 0.6 is 23.2 Å². The van der Waals surface area contributed by atoms with E-state index >= 15 is 0 Å². The van der Waals surface area contributed by atoms with Crippen LogP contribution in [-0.2, 0) is 15.0 Å². The standard InChI is InChI=1S/C27H24Cl2N2O4/c1-27(2,3)17-8-13-21-20(14-17)25(33)31(23(26(34)35)16-6-11-19(29)12-7-16)22(24(32)30-21)15-4-9-18(28)10-5-15/h4-14,22-23H,1-3H3,(H,30,32)(H,34,35). The maximum Gasteiger partial charge on any atom is 0.331 e. The van der Waals surface area contributed by atoms with Crippen LogP contribution in [-0.4, -0.2) is 27.8 Å². The number of fused-ring (bicyclic) bond motifs is 1. The van der Waals surface area contributed by atoms with Gasteiger partial charge < -0.3 is 15.3 Å². The molecule has 2 atom stereocenters. The van der Waals surface area contributed by atoms with Gasteiger partial charge in [-0.05, 0) is 58.5 Å². The Bertz CT molecular complexity index is 1300. The van der Waals surface area contributed by atoms with Crippen molar-refractivity contribution in [3.05, 3.63) is 99.0 Å². The van der Waals surface area contributed by atoms with Crippen LogP contribution in [0.15, 0.2) is 66.7 Å². The van der Waals surface area contributed by atoms with Crippen molar-refractivity contribution in [3.63, 3.8) is 0 Å². The zero-order valence-electron chi connectivity index (χ0n) is 19.4. The molecule has 8 heteroatoms. The van der Waals surface area contributed by atoms with Crippen LogP contribution in [0.5, 0.6) is 0 Å². The Morgan fingerprint density at radius 1 is 0.943 bits per heavy atom. The number of halogens is 2. The second-order valence-electron chi connectivity index (χ2n) is 9.46. The van der Waals surface area contributed by atoms with Crippen LogP contribution in [0.25, 0.3) is 0 Å². The number of nitrogens with one attached hydrogen (secondary N) is 1. The fourth-order valence-electron chi connectivity index (χ4n) is 4.17. The van der Waals surface area contributed by atoms with Crippen molar-refractivity contribution in [2.45, 2.75) is 38.3 Å². The summed E-state index contributed by atoms with van der Waals surface area (Å²) in [5.41, 5.74) is 1.91. The van der Waals surface area contributed by atoms with Gasteiger partial charge in [0.2, 0.25) is 0 Å². The van der Waals surface area contributed by atoms with E-state index in [1.54, 1.807) is 60.7 Å². The van der Waals surface area contributed by atoms with E-state index in [-0.39, 0.29) is 11.0 Å². The van der Waals surface area contributed by atoms with Crippen molar-refractivity contribution in [2.24, 2.45) is 0 Å². The highest BCUT2D eigenvalue weighted by molar-refractivity contribution is 6.30. The molecule has 0 aromatic heterocycles. The molecule has 2 unspecified atom stereocenters. The van der Waals surface area contributed by atoms with E-state index in [4.69, 9.17) is 23.2 Å². The third-order valence-electron chi connectivity index (χ3n) is 6.02. The topological polar surface area (TPSA) is 86.7 Å². The van der Waals surface area contributed by atoms with Crippen LogP contribution in [0.1, 0.15) is 59.9 Å². The number of hydrogen-bond acceptors (Lipinski definition) is 3. The number of carbonyl (C=O) groups excluding carboxylic acids is 2. The number of aliphatic carboxylic acids is 1. The summed E-state index contributed by atoms with van der Waals surface area (Å²) >= 11 is 12.1. The molecule has 0 saturated heterocycles. The van der Waals surface area contributed by atoms with Crippen molar-refractivity contribution in [1.82, 2.24) is 4.90 Å². The minimum Gasteiger partial charge on any atom is -0.479 e. The molecule has 3 aromatic carbocycles. The number of benzene rings is 3. The number of amides is 2. The van der Waals surface area contributed by atoms with Gasteiger partial charge in [-0.2, -0.15) is 0 Å². The number of carbonyl (C=O) groups is 3. The molecule has 0 bridgehead atoms. The quantitative estimate of drug-likeness (QED) is 0.434. The maximum atomic E-state index is 14.1. The molecule has 0 saturated carbocycles. The number of hydrogen-bond donors (Lipinski definition) is 2. The lowest BCUT2D eigenvalue weighted by atomic mass is 9.85. The van der Waals surface area contributed by atoms with E-state index in [1.165, 1.54) is 0 Å². The molecule has 0 spiro atoms. The summed E-state index contributed by atoms with van der Waals surface area (Å²) < 4.78 is 0. The Labute approximate surface area is 213 Å². The molecule has 0 radical (unpaired) electrons. The molecule has 180 valence electrons. The summed E-state index contributed by atoms with van der Waals surface area (Å²) in [4.78, 5) is 41.4. The van der Waals surface area contributed by atoms with E-state index in [2.05, 4.69) is 5.32 Å². The van der Waals surface area contributed by atoms with Crippen LogP contribution in [0, 0.1) is 0 Å². The van der Waals surface area contributed by atoms with E-state index in [1.807, 2.05) is 26.8 Å². The summed E-state index contributed by atoms with van der Waals surface area (Å²) in [5.74, 6) is -2.38. The molecular weight excluding hydrogens is 487 g/mol. The van der Waals surface area contributed by atoms with E-state index in [9.17, 15) is 19.5 Å². The predicted molar refractivity (Wildman–Crippen MR) is 136 cm³/mol. The zero-order valence-corrected chi connectivity index (χ0v) is 20.9. The Morgan fingerprint density at radius 2 is 1.51 bits per heavy atom. The van der Waals surface area contributed by atoms with Gasteiger partial charge in [-0.25, -0.2) is 4.79 Å². The number of nitrogens with zero attached hydrogens (tertiary/aromatic N) is 1. The highest BCUT2D eigenvalue weighted by Gasteiger charge is 2.44. The van der Waals surface area contributed by atoms with Crippen LogP contribution in [0.2, 0.25) is 10.0 Å². The van der Waals surface area contributed by atoms with Crippen molar-refractivity contribution in [1.29, 1.82) is 0 Å². The Hall–Kier alpha value is -3.35. The molecule has 2 amide bonds. The highest BCUT2D eigenvalue weighted by atomic mass is 35.5. The van der Waals surface area contributed by atoms with Gasteiger partial charge in [0.05, 0.1) is 11.3 Å². The fraction of sp³-hybridized carbons (Fsp3) is 0.222. The molecule has 0 fully saturated rings. The van der Waals surface area contributed by atoms with Gasteiger partial charge in [0.25, 0.3) is 11.8 Å². The monoisotopic (exact) mass is 510 g/mol. The van der Waals surface area contributed by atoms with Gasteiger partial charge in [0, 0.05) is 10.0 Å². The number of carboxylic acid groups (broad SMARTS) is 1. The van der Waals surface area contributed by atoms with Crippen LogP contribution < -0.4 is 5.32 Å². The smallest absolute Gasteiger partial charge is 0.331 e. The summed E-state index contributed by atoms with van der Waals surface area (Å²) in [5, 5.41) is 14.0. The molecule has 35 heavy (non-hydrogen) atoms. The lowest BCUT2D eigenvalue weighted by Gasteiger charge is -2.34. The molecule has 1 heterocycles. The third kappa shape index (κ3) is 4.90. The van der Waals surface area contributed by atoms with Crippen molar-refractivity contribution in [2.75, 3.05) is 5.32 Å². The second-order valence-corrected chi connectivity index (χ2v) is 10.3. The Morgan fingerprint density at radius 3 is 2.06 bits per heavy atom. The molecule has 3 aromatic rings. The first-order valence-electron chi connectivity index (χ1n) is 11.0. The highest BCUT2D eigenvalue weighted by Crippen LogP contribution is 2.39.